The molecule has 6 N–H and O–H groups in total. The number of aromatic nitrogens is 1. The van der Waals surface area contributed by atoms with Crippen molar-refractivity contribution in [2.45, 2.75) is 19.4 Å². The molecule has 0 saturated heterocycles. The van der Waals surface area contributed by atoms with Gasteiger partial charge in [0, 0.05) is 27.4 Å². The molecule has 0 unspecified atom stereocenters. The molecule has 1 heterocycles. The summed E-state index contributed by atoms with van der Waals surface area (Å²) in [5.41, 5.74) is 7.38. The molecule has 1 aromatic carbocycles. The van der Waals surface area contributed by atoms with Crippen LogP contribution in [0, 0.1) is 0 Å². The van der Waals surface area contributed by atoms with Crippen LogP contribution in [0.25, 0.3) is 10.9 Å². The lowest BCUT2D eigenvalue weighted by atomic mass is 10.1. The van der Waals surface area contributed by atoms with Crippen LogP contribution in [0.15, 0.2) is 30.5 Å². The Balaban J connectivity index is -0.000000227. The number of rotatable bonds is 3. The van der Waals surface area contributed by atoms with E-state index >= 15 is 0 Å². The molecule has 0 aliphatic rings. The van der Waals surface area contributed by atoms with Gasteiger partial charge in [0.2, 0.25) is 0 Å². The van der Waals surface area contributed by atoms with Crippen LogP contribution in [-0.4, -0.2) is 48.6 Å². The maximum absolute atomic E-state index is 10.7. The highest BCUT2D eigenvalue weighted by Crippen LogP contribution is 2.18. The zero-order chi connectivity index (χ0) is 15.1. The van der Waals surface area contributed by atoms with Crippen molar-refractivity contribution in [2.24, 2.45) is 5.73 Å². The van der Waals surface area contributed by atoms with E-state index in [2.05, 4.69) is 16.4 Å². The minimum Gasteiger partial charge on any atom is -0.412 e. The van der Waals surface area contributed by atoms with E-state index in [9.17, 15) is 4.79 Å². The van der Waals surface area contributed by atoms with E-state index in [0.29, 0.717) is 0 Å². The van der Waals surface area contributed by atoms with Gasteiger partial charge in [0.1, 0.15) is 0 Å². The van der Waals surface area contributed by atoms with Crippen LogP contribution in [0.5, 0.6) is 0 Å². The number of fused-ring (bicyclic) bond motifs is 1. The van der Waals surface area contributed by atoms with Crippen LogP contribution in [-0.2, 0) is 6.42 Å². The van der Waals surface area contributed by atoms with Gasteiger partial charge in [-0.3, -0.25) is 0 Å². The molecule has 1 atom stereocenters. The van der Waals surface area contributed by atoms with E-state index < -0.39 is 6.03 Å². The minimum atomic E-state index is -0.479. The summed E-state index contributed by atoms with van der Waals surface area (Å²) in [7, 11) is 6.00. The molecule has 0 bridgehead atoms. The molecule has 1 aromatic heterocycles. The van der Waals surface area contributed by atoms with Gasteiger partial charge in [-0.1, -0.05) is 18.2 Å². The van der Waals surface area contributed by atoms with Crippen molar-refractivity contribution in [3.05, 3.63) is 36.0 Å². The Hall–Kier alpha value is -2.05. The first-order chi connectivity index (χ1) is 9.40. The molecule has 0 fully saturated rings. The standard InChI is InChI=1S/C12H15N3O.C3H9N.H2O.3H2/c1-8(15-12(13)16)6-9-7-14-11-5-3-2-4-10(9)11;1-4(2)3;;;;/h2-5,7-8,14H,6H2,1H3,(H3,13,15,16);1-3H3;1H2;3*1H/t8-;;;;;/m0...../s1. The van der Waals surface area contributed by atoms with E-state index in [1.54, 1.807) is 0 Å². The zero-order valence-electron chi connectivity index (χ0n) is 13.1. The molecule has 0 saturated carbocycles. The fourth-order valence-electron chi connectivity index (χ4n) is 1.92. The van der Waals surface area contributed by atoms with Gasteiger partial charge < -0.3 is 26.4 Å². The number of para-hydroxylation sites is 1. The third-order valence-electron chi connectivity index (χ3n) is 2.59. The maximum Gasteiger partial charge on any atom is 0.312 e. The van der Waals surface area contributed by atoms with Gasteiger partial charge in [-0.05, 0) is 46.1 Å². The van der Waals surface area contributed by atoms with Gasteiger partial charge in [0.05, 0.1) is 0 Å². The van der Waals surface area contributed by atoms with Crippen molar-refractivity contribution >= 4 is 16.9 Å². The van der Waals surface area contributed by atoms with Gasteiger partial charge in [-0.15, -0.1) is 0 Å². The van der Waals surface area contributed by atoms with Gasteiger partial charge >= 0.3 is 6.03 Å². The van der Waals surface area contributed by atoms with Crippen molar-refractivity contribution in [1.29, 1.82) is 0 Å². The van der Waals surface area contributed by atoms with E-state index in [1.807, 2.05) is 57.4 Å². The van der Waals surface area contributed by atoms with Crippen LogP contribution in [0.3, 0.4) is 0 Å². The number of nitrogens with zero attached hydrogens (tertiary/aromatic N) is 1. The summed E-state index contributed by atoms with van der Waals surface area (Å²) in [5, 5.41) is 3.87. The first kappa shape index (κ1) is 18.9. The Kier molecular flexibility index (Phi) is 8.11. The third kappa shape index (κ3) is 6.78. The van der Waals surface area contributed by atoms with E-state index in [0.717, 1.165) is 11.9 Å². The lowest BCUT2D eigenvalue weighted by molar-refractivity contribution is 0.246. The molecule has 0 aliphatic heterocycles. The first-order valence-electron chi connectivity index (χ1n) is 6.62. The monoisotopic (exact) mass is 300 g/mol. The number of H-pyrrole nitrogens is 1. The number of carbonyl (C=O) groups is 1. The van der Waals surface area contributed by atoms with Crippen molar-refractivity contribution in [3.63, 3.8) is 0 Å². The second-order valence-electron chi connectivity index (χ2n) is 5.31. The lowest BCUT2D eigenvalue weighted by Gasteiger charge is -2.10. The number of nitrogens with two attached hydrogens (primary N) is 1. The topological polar surface area (TPSA) is 106 Å². The van der Waals surface area contributed by atoms with Crippen LogP contribution >= 0.6 is 0 Å². The third-order valence-corrected chi connectivity index (χ3v) is 2.59. The summed E-state index contributed by atoms with van der Waals surface area (Å²) in [4.78, 5) is 15.9. The second kappa shape index (κ2) is 8.99. The van der Waals surface area contributed by atoms with Crippen molar-refractivity contribution in [1.82, 2.24) is 15.2 Å². The van der Waals surface area contributed by atoms with Crippen molar-refractivity contribution in [3.8, 4) is 0 Å². The first-order valence-corrected chi connectivity index (χ1v) is 6.62. The fraction of sp³-hybridized carbons (Fsp3) is 0.400. The van der Waals surface area contributed by atoms with Crippen molar-refractivity contribution in [2.75, 3.05) is 21.1 Å². The Morgan fingerprint density at radius 1 is 1.38 bits per heavy atom. The normalized spacial score (nSPS) is 11.3. The van der Waals surface area contributed by atoms with Crippen LogP contribution < -0.4 is 11.1 Å². The highest BCUT2D eigenvalue weighted by molar-refractivity contribution is 5.83. The van der Waals surface area contributed by atoms with E-state index in [-0.39, 0.29) is 15.8 Å². The number of benzene rings is 1. The molecule has 21 heavy (non-hydrogen) atoms. The average Bonchev–Trinajstić information content (AvgIpc) is 2.71. The number of urea groups is 1. The predicted molar refractivity (Wildman–Crippen MR) is 93.8 cm³/mol. The quantitative estimate of drug-likeness (QED) is 0.805. The fourth-order valence-corrected chi connectivity index (χ4v) is 1.92. The highest BCUT2D eigenvalue weighted by Gasteiger charge is 2.08. The average molecular weight is 300 g/mol. The van der Waals surface area contributed by atoms with E-state index in [4.69, 9.17) is 5.73 Å². The van der Waals surface area contributed by atoms with Gasteiger partial charge in [0.25, 0.3) is 0 Å². The van der Waals surface area contributed by atoms with Gasteiger partial charge in [-0.25, -0.2) is 4.79 Å². The Bertz CT molecular complexity index is 562. The summed E-state index contributed by atoms with van der Waals surface area (Å²) < 4.78 is 0. The van der Waals surface area contributed by atoms with Crippen LogP contribution in [0.1, 0.15) is 16.8 Å². The Labute approximate surface area is 130 Å². The second-order valence-corrected chi connectivity index (χ2v) is 5.31. The number of nitrogens with one attached hydrogen (secondary N) is 2. The van der Waals surface area contributed by atoms with E-state index in [1.165, 1.54) is 10.9 Å². The summed E-state index contributed by atoms with van der Waals surface area (Å²) in [6, 6.07) is 7.66. The molecule has 2 rings (SSSR count). The minimum absolute atomic E-state index is 0. The van der Waals surface area contributed by atoms with Crippen LogP contribution in [0.4, 0.5) is 4.79 Å². The lowest BCUT2D eigenvalue weighted by Crippen LogP contribution is -2.37. The molecule has 0 radical (unpaired) electrons. The Morgan fingerprint density at radius 3 is 2.52 bits per heavy atom. The summed E-state index contributed by atoms with van der Waals surface area (Å²) in [6.45, 7) is 1.94. The number of aromatic amines is 1. The molecular formula is C15H32N4O2. The maximum atomic E-state index is 10.7. The summed E-state index contributed by atoms with van der Waals surface area (Å²) in [6.07, 6.45) is 2.75. The molecular weight excluding hydrogens is 268 g/mol. The molecule has 6 nitrogen and oxygen atoms in total. The number of hydrogen-bond acceptors (Lipinski definition) is 2. The highest BCUT2D eigenvalue weighted by atomic mass is 16.2. The van der Waals surface area contributed by atoms with Crippen molar-refractivity contribution < 1.29 is 14.6 Å². The summed E-state index contributed by atoms with van der Waals surface area (Å²) in [5.74, 6) is 0. The zero-order valence-corrected chi connectivity index (χ0v) is 13.1. The molecule has 2 amide bonds. The number of hydrogen-bond donors (Lipinski definition) is 3. The number of primary amides is 1. The van der Waals surface area contributed by atoms with Crippen LogP contribution in [0.2, 0.25) is 0 Å². The molecule has 0 spiro atoms. The molecule has 2 aromatic rings. The Morgan fingerprint density at radius 2 is 1.95 bits per heavy atom. The number of amides is 2. The van der Waals surface area contributed by atoms with Gasteiger partial charge in [0.15, 0.2) is 0 Å². The largest absolute Gasteiger partial charge is 0.412 e. The molecule has 6 heteroatoms. The molecule has 0 aliphatic carbocycles. The molecule has 124 valence electrons. The summed E-state index contributed by atoms with van der Waals surface area (Å²) >= 11 is 0. The predicted octanol–water partition coefficient (Wildman–Crippen LogP) is 1.86. The number of carbonyl (C=O) groups excluding carboxylic acids is 1. The SMILES string of the molecule is CN(C)C.C[C@@H](Cc1c[nH]c2ccccc12)NC(N)=O.O.[HH].[HH].[HH]. The van der Waals surface area contributed by atoms with Gasteiger partial charge in [-0.2, -0.15) is 0 Å². The smallest absolute Gasteiger partial charge is 0.312 e.